The fraction of sp³-hybridized carbons (Fsp3) is 0.963. The van der Waals surface area contributed by atoms with Gasteiger partial charge in [-0.1, -0.05) is 53.9 Å². The molecule has 3 nitrogen and oxygen atoms in total. The molecule has 0 radical (unpaired) electrons. The highest BCUT2D eigenvalue weighted by Gasteiger charge is 2.59. The molecule has 4 unspecified atom stereocenters. The first kappa shape index (κ1) is 24.1. The average molecular weight is 421 g/mol. The molecule has 3 saturated carbocycles. The number of carboxylic acid groups (broad SMARTS) is 1. The van der Waals surface area contributed by atoms with Crippen LogP contribution in [0.15, 0.2) is 0 Å². The predicted octanol–water partition coefficient (Wildman–Crippen LogP) is 6.78. The zero-order valence-corrected chi connectivity index (χ0v) is 20.3. The summed E-state index contributed by atoms with van der Waals surface area (Å²) in [7, 11) is 0. The van der Waals surface area contributed by atoms with Crippen molar-refractivity contribution in [2.45, 2.75) is 105 Å². The summed E-state index contributed by atoms with van der Waals surface area (Å²) in [5, 5.41) is 19.3. The lowest BCUT2D eigenvalue weighted by atomic mass is 9.45. The summed E-state index contributed by atoms with van der Waals surface area (Å²) in [6.07, 6.45) is 12.7. The largest absolute Gasteiger partial charge is 0.481 e. The van der Waals surface area contributed by atoms with Crippen molar-refractivity contribution in [2.75, 3.05) is 6.61 Å². The fourth-order valence-corrected chi connectivity index (χ4v) is 8.74. The van der Waals surface area contributed by atoms with Crippen LogP contribution in [0.5, 0.6) is 0 Å². The Morgan fingerprint density at radius 3 is 2.37 bits per heavy atom. The van der Waals surface area contributed by atoms with Crippen molar-refractivity contribution >= 4 is 5.97 Å². The lowest BCUT2D eigenvalue weighted by Crippen LogP contribution is -2.52. The van der Waals surface area contributed by atoms with Crippen LogP contribution in [0.3, 0.4) is 0 Å². The molecule has 3 rings (SSSR count). The van der Waals surface area contributed by atoms with Gasteiger partial charge >= 0.3 is 5.97 Å². The van der Waals surface area contributed by atoms with E-state index in [9.17, 15) is 15.0 Å². The van der Waals surface area contributed by atoms with Gasteiger partial charge in [0.15, 0.2) is 0 Å². The number of rotatable bonds is 9. The van der Waals surface area contributed by atoms with Crippen molar-refractivity contribution in [3.05, 3.63) is 0 Å². The Kier molecular flexibility index (Phi) is 7.63. The first-order chi connectivity index (χ1) is 14.1. The smallest absolute Gasteiger partial charge is 0.303 e. The Balaban J connectivity index is 1.75. The van der Waals surface area contributed by atoms with Crippen molar-refractivity contribution in [1.29, 1.82) is 0 Å². The highest BCUT2D eigenvalue weighted by Crippen LogP contribution is 2.67. The second-order valence-electron chi connectivity index (χ2n) is 12.3. The molecule has 0 saturated heterocycles. The molecule has 0 aromatic rings. The van der Waals surface area contributed by atoms with E-state index in [4.69, 9.17) is 0 Å². The van der Waals surface area contributed by atoms with E-state index in [0.717, 1.165) is 42.4 Å². The minimum absolute atomic E-state index is 0.0155. The fourth-order valence-electron chi connectivity index (χ4n) is 8.74. The zero-order chi connectivity index (χ0) is 22.1. The summed E-state index contributed by atoms with van der Waals surface area (Å²) in [6, 6.07) is 0. The maximum atomic E-state index is 11.5. The highest BCUT2D eigenvalue weighted by molar-refractivity contribution is 5.67. The topological polar surface area (TPSA) is 57.5 Å². The van der Waals surface area contributed by atoms with E-state index < -0.39 is 5.97 Å². The molecule has 0 aromatic heterocycles. The molecule has 0 aliphatic heterocycles. The number of aliphatic hydroxyl groups is 1. The number of hydrogen-bond acceptors (Lipinski definition) is 2. The van der Waals surface area contributed by atoms with Gasteiger partial charge in [0.25, 0.3) is 0 Å². The van der Waals surface area contributed by atoms with E-state index in [1.807, 2.05) is 0 Å². The van der Waals surface area contributed by atoms with Gasteiger partial charge in [-0.2, -0.15) is 0 Å². The monoisotopic (exact) mass is 420 g/mol. The van der Waals surface area contributed by atoms with E-state index in [1.54, 1.807) is 0 Å². The average Bonchev–Trinajstić information content (AvgIpc) is 3.01. The van der Waals surface area contributed by atoms with Crippen molar-refractivity contribution in [1.82, 2.24) is 0 Å². The van der Waals surface area contributed by atoms with Gasteiger partial charge in [0, 0.05) is 13.0 Å². The van der Waals surface area contributed by atoms with Crippen LogP contribution >= 0.6 is 0 Å². The van der Waals surface area contributed by atoms with Gasteiger partial charge in [-0.15, -0.1) is 0 Å². The third-order valence-corrected chi connectivity index (χ3v) is 10.3. The van der Waals surface area contributed by atoms with Gasteiger partial charge in [-0.25, -0.2) is 0 Å². The van der Waals surface area contributed by atoms with Crippen LogP contribution < -0.4 is 0 Å². The van der Waals surface area contributed by atoms with Crippen molar-refractivity contribution in [3.63, 3.8) is 0 Å². The lowest BCUT2D eigenvalue weighted by Gasteiger charge is -2.59. The summed E-state index contributed by atoms with van der Waals surface area (Å²) in [4.78, 5) is 11.5. The Bertz CT molecular complexity index is 587. The molecule has 3 fully saturated rings. The van der Waals surface area contributed by atoms with Crippen LogP contribution in [0.4, 0.5) is 0 Å². The molecule has 0 aromatic carbocycles. The van der Waals surface area contributed by atoms with E-state index in [-0.39, 0.29) is 24.4 Å². The molecule has 3 aliphatic rings. The molecule has 174 valence electrons. The van der Waals surface area contributed by atoms with Crippen LogP contribution in [0, 0.1) is 52.3 Å². The summed E-state index contributed by atoms with van der Waals surface area (Å²) >= 11 is 0. The van der Waals surface area contributed by atoms with Gasteiger partial charge in [-0.3, -0.25) is 4.79 Å². The first-order valence-electron chi connectivity index (χ1n) is 13.0. The number of carbonyl (C=O) groups is 1. The van der Waals surface area contributed by atoms with Crippen LogP contribution in [0.1, 0.15) is 105 Å². The molecular formula is C27H48O3. The van der Waals surface area contributed by atoms with Gasteiger partial charge in [0.1, 0.15) is 0 Å². The molecule has 30 heavy (non-hydrogen) atoms. The number of carboxylic acids is 1. The maximum Gasteiger partial charge on any atom is 0.303 e. The Morgan fingerprint density at radius 1 is 1.00 bits per heavy atom. The molecule has 0 bridgehead atoms. The minimum atomic E-state index is -0.667. The van der Waals surface area contributed by atoms with Crippen molar-refractivity contribution < 1.29 is 15.0 Å². The second-order valence-corrected chi connectivity index (χ2v) is 12.3. The SMILES string of the molecule is CC(C)CCC[C@@H](C)[C@H]1CCC2C3CC[C@@H](CC(=O)O)[C@](C)(CCO)C3CCC21C. The van der Waals surface area contributed by atoms with Gasteiger partial charge in [0.2, 0.25) is 0 Å². The number of hydrogen-bond donors (Lipinski definition) is 2. The molecular weight excluding hydrogens is 372 g/mol. The van der Waals surface area contributed by atoms with Crippen molar-refractivity contribution in [2.24, 2.45) is 52.3 Å². The lowest BCUT2D eigenvalue weighted by molar-refractivity contribution is -0.146. The normalized spacial score (nSPS) is 42.0. The zero-order valence-electron chi connectivity index (χ0n) is 20.3. The number of fused-ring (bicyclic) bond motifs is 3. The van der Waals surface area contributed by atoms with Gasteiger partial charge < -0.3 is 10.2 Å². The molecule has 8 atom stereocenters. The van der Waals surface area contributed by atoms with Crippen LogP contribution in [-0.2, 0) is 4.79 Å². The predicted molar refractivity (Wildman–Crippen MR) is 123 cm³/mol. The Hall–Kier alpha value is -0.570. The van der Waals surface area contributed by atoms with E-state index in [0.29, 0.717) is 11.3 Å². The van der Waals surface area contributed by atoms with E-state index in [2.05, 4.69) is 34.6 Å². The van der Waals surface area contributed by atoms with Gasteiger partial charge in [-0.05, 0) is 97.2 Å². The third-order valence-electron chi connectivity index (χ3n) is 10.3. The maximum absolute atomic E-state index is 11.5. The molecule has 3 heteroatoms. The number of aliphatic carboxylic acids is 1. The summed E-state index contributed by atoms with van der Waals surface area (Å²) < 4.78 is 0. The summed E-state index contributed by atoms with van der Waals surface area (Å²) in [6.45, 7) is 12.3. The van der Waals surface area contributed by atoms with E-state index >= 15 is 0 Å². The first-order valence-corrected chi connectivity index (χ1v) is 13.0. The second kappa shape index (κ2) is 9.51. The molecule has 0 spiro atoms. The third kappa shape index (κ3) is 4.48. The van der Waals surface area contributed by atoms with Crippen LogP contribution in [0.25, 0.3) is 0 Å². The standard InChI is InChI=1S/C27H48O3/c1-18(2)7-6-8-19(3)22-11-12-23-21-10-9-20(17-25(29)30)26(4,15-16-28)24(21)13-14-27(22,23)5/h18-24,28H,6-17H2,1-5H3,(H,29,30)/t19-,20+,21?,22-,23?,24?,26+,27?/m1/s1. The number of aliphatic hydroxyl groups excluding tert-OH is 1. The highest BCUT2D eigenvalue weighted by atomic mass is 16.4. The molecule has 0 amide bonds. The quantitative estimate of drug-likeness (QED) is 0.432. The van der Waals surface area contributed by atoms with Crippen molar-refractivity contribution in [3.8, 4) is 0 Å². The molecule has 2 N–H and O–H groups in total. The molecule has 0 heterocycles. The Labute approximate surface area is 185 Å². The minimum Gasteiger partial charge on any atom is -0.481 e. The summed E-state index contributed by atoms with van der Waals surface area (Å²) in [5.74, 6) is 4.18. The van der Waals surface area contributed by atoms with Crippen LogP contribution in [-0.4, -0.2) is 22.8 Å². The van der Waals surface area contributed by atoms with E-state index in [1.165, 1.54) is 51.4 Å². The molecule has 3 aliphatic carbocycles. The Morgan fingerprint density at radius 2 is 1.73 bits per heavy atom. The summed E-state index contributed by atoms with van der Waals surface area (Å²) in [5.41, 5.74) is 0.455. The van der Waals surface area contributed by atoms with Gasteiger partial charge in [0.05, 0.1) is 0 Å². The van der Waals surface area contributed by atoms with Crippen LogP contribution in [0.2, 0.25) is 0 Å².